The van der Waals surface area contributed by atoms with E-state index < -0.39 is 0 Å². The van der Waals surface area contributed by atoms with Gasteiger partial charge >= 0.3 is 0 Å². The lowest BCUT2D eigenvalue weighted by atomic mass is 9.93. The quantitative estimate of drug-likeness (QED) is 0.504. The number of imidazole rings is 1. The van der Waals surface area contributed by atoms with Gasteiger partial charge in [-0.1, -0.05) is 60.7 Å². The fourth-order valence-corrected chi connectivity index (χ4v) is 4.51. The number of rotatable bonds is 4. The van der Waals surface area contributed by atoms with Gasteiger partial charge < -0.3 is 9.88 Å². The molecule has 0 bridgehead atoms. The summed E-state index contributed by atoms with van der Waals surface area (Å²) >= 11 is 12.4. The monoisotopic (exact) mass is 427 g/mol. The van der Waals surface area contributed by atoms with E-state index in [9.17, 15) is 4.79 Å². The predicted molar refractivity (Wildman–Crippen MR) is 119 cm³/mol. The highest BCUT2D eigenvalue weighted by atomic mass is 35.5. The van der Waals surface area contributed by atoms with Gasteiger partial charge in [-0.15, -0.1) is 0 Å². The van der Waals surface area contributed by atoms with Crippen LogP contribution in [0.15, 0.2) is 48.5 Å². The molecular formula is C23H23Cl2N3O. The van der Waals surface area contributed by atoms with Crippen LogP contribution in [0, 0.1) is 6.92 Å². The number of carbonyl (C=O) groups excluding carboxylic acids is 1. The average Bonchev–Trinajstić information content (AvgIpc) is 3.11. The molecule has 1 saturated carbocycles. The lowest BCUT2D eigenvalue weighted by molar-refractivity contribution is 0.0965. The highest BCUT2D eigenvalue weighted by Gasteiger charge is 2.30. The molecule has 1 aliphatic rings. The largest absolute Gasteiger partial charge is 0.341 e. The molecule has 0 radical (unpaired) electrons. The first-order chi connectivity index (χ1) is 14.0. The van der Waals surface area contributed by atoms with Crippen LogP contribution >= 0.6 is 23.2 Å². The number of amides is 1. The molecule has 1 aromatic heterocycles. The first kappa shape index (κ1) is 20.0. The number of H-pyrrole nitrogens is 1. The van der Waals surface area contributed by atoms with E-state index >= 15 is 0 Å². The Kier molecular flexibility index (Phi) is 5.93. The average molecular weight is 428 g/mol. The van der Waals surface area contributed by atoms with Gasteiger partial charge in [0.15, 0.2) is 0 Å². The zero-order valence-electron chi connectivity index (χ0n) is 16.3. The zero-order valence-corrected chi connectivity index (χ0v) is 17.8. The van der Waals surface area contributed by atoms with Crippen LogP contribution in [0.25, 0.3) is 11.4 Å². The summed E-state index contributed by atoms with van der Waals surface area (Å²) in [6.45, 7) is 1.87. The second-order valence-electron chi connectivity index (χ2n) is 7.49. The third kappa shape index (κ3) is 4.19. The first-order valence-corrected chi connectivity index (χ1v) is 10.7. The van der Waals surface area contributed by atoms with Gasteiger partial charge in [0, 0.05) is 28.0 Å². The SMILES string of the molecule is Cc1[nH]c(-c2ccc(Cl)cc2Cl)nc1C(=O)N(c1ccccc1)C1CCCCC1. The van der Waals surface area contributed by atoms with Gasteiger partial charge in [-0.25, -0.2) is 4.98 Å². The number of aromatic amines is 1. The van der Waals surface area contributed by atoms with Crippen molar-refractivity contribution in [3.8, 4) is 11.4 Å². The van der Waals surface area contributed by atoms with Crippen molar-refractivity contribution in [3.05, 3.63) is 70.0 Å². The van der Waals surface area contributed by atoms with Crippen molar-refractivity contribution >= 4 is 34.8 Å². The molecule has 1 aliphatic carbocycles. The Hall–Kier alpha value is -2.30. The van der Waals surface area contributed by atoms with Crippen LogP contribution < -0.4 is 4.90 Å². The summed E-state index contributed by atoms with van der Waals surface area (Å²) in [6, 6.07) is 15.3. The highest BCUT2D eigenvalue weighted by Crippen LogP contribution is 2.32. The number of nitrogens with zero attached hydrogens (tertiary/aromatic N) is 2. The van der Waals surface area contributed by atoms with Crippen molar-refractivity contribution in [1.82, 2.24) is 9.97 Å². The molecule has 3 aromatic rings. The van der Waals surface area contributed by atoms with E-state index in [1.807, 2.05) is 48.2 Å². The molecule has 0 saturated heterocycles. The maximum Gasteiger partial charge on any atom is 0.279 e. The van der Waals surface area contributed by atoms with E-state index in [-0.39, 0.29) is 11.9 Å². The summed E-state index contributed by atoms with van der Waals surface area (Å²) in [7, 11) is 0. The number of halogens is 2. The Labute approximate surface area is 180 Å². The van der Waals surface area contributed by atoms with Crippen molar-refractivity contribution in [2.75, 3.05) is 4.90 Å². The zero-order chi connectivity index (χ0) is 20.4. The lowest BCUT2D eigenvalue weighted by Gasteiger charge is -2.34. The van der Waals surface area contributed by atoms with Gasteiger partial charge in [0.1, 0.15) is 11.5 Å². The van der Waals surface area contributed by atoms with Gasteiger partial charge in [-0.05, 0) is 50.1 Å². The summed E-state index contributed by atoms with van der Waals surface area (Å²) in [5.74, 6) is 0.498. The molecule has 4 nitrogen and oxygen atoms in total. The molecule has 1 fully saturated rings. The minimum absolute atomic E-state index is 0.0758. The molecular weight excluding hydrogens is 405 g/mol. The van der Waals surface area contributed by atoms with E-state index in [0.29, 0.717) is 21.6 Å². The van der Waals surface area contributed by atoms with Crippen LogP contribution in [0.2, 0.25) is 10.0 Å². The summed E-state index contributed by atoms with van der Waals surface area (Å²) in [5, 5.41) is 1.06. The molecule has 1 N–H and O–H groups in total. The van der Waals surface area contributed by atoms with Gasteiger partial charge in [0.05, 0.1) is 5.02 Å². The van der Waals surface area contributed by atoms with Crippen molar-refractivity contribution in [3.63, 3.8) is 0 Å². The number of carbonyl (C=O) groups is 1. The Balaban J connectivity index is 1.72. The molecule has 0 atom stereocenters. The van der Waals surface area contributed by atoms with E-state index in [0.717, 1.165) is 42.6 Å². The fourth-order valence-electron chi connectivity index (χ4n) is 4.01. The van der Waals surface area contributed by atoms with Crippen LogP contribution in [0.4, 0.5) is 5.69 Å². The number of aromatic nitrogens is 2. The van der Waals surface area contributed by atoms with E-state index in [2.05, 4.69) is 9.97 Å². The molecule has 1 heterocycles. The molecule has 2 aromatic carbocycles. The number of aryl methyl sites for hydroxylation is 1. The topological polar surface area (TPSA) is 49.0 Å². The fraction of sp³-hybridized carbons (Fsp3) is 0.304. The minimum Gasteiger partial charge on any atom is -0.341 e. The number of benzene rings is 2. The third-order valence-corrected chi connectivity index (χ3v) is 6.01. The van der Waals surface area contributed by atoms with E-state index in [1.165, 1.54) is 6.42 Å². The van der Waals surface area contributed by atoms with Crippen LogP contribution in [-0.4, -0.2) is 21.9 Å². The number of hydrogen-bond donors (Lipinski definition) is 1. The van der Waals surface area contributed by atoms with Crippen molar-refractivity contribution in [2.24, 2.45) is 0 Å². The second kappa shape index (κ2) is 8.60. The van der Waals surface area contributed by atoms with Crippen LogP contribution in [-0.2, 0) is 0 Å². The van der Waals surface area contributed by atoms with Crippen molar-refractivity contribution in [2.45, 2.75) is 45.1 Å². The normalized spacial score (nSPS) is 14.7. The molecule has 150 valence electrons. The molecule has 29 heavy (non-hydrogen) atoms. The summed E-state index contributed by atoms with van der Waals surface area (Å²) in [4.78, 5) is 23.4. The van der Waals surface area contributed by atoms with Crippen LogP contribution in [0.5, 0.6) is 0 Å². The number of hydrogen-bond acceptors (Lipinski definition) is 2. The second-order valence-corrected chi connectivity index (χ2v) is 8.33. The first-order valence-electron chi connectivity index (χ1n) is 9.95. The Morgan fingerprint density at radius 3 is 2.48 bits per heavy atom. The number of para-hydroxylation sites is 1. The maximum atomic E-state index is 13.6. The molecule has 0 spiro atoms. The van der Waals surface area contributed by atoms with Crippen molar-refractivity contribution < 1.29 is 4.79 Å². The van der Waals surface area contributed by atoms with Crippen molar-refractivity contribution in [1.29, 1.82) is 0 Å². The van der Waals surface area contributed by atoms with E-state index in [4.69, 9.17) is 23.2 Å². The Bertz CT molecular complexity index is 1010. The molecule has 4 rings (SSSR count). The molecule has 6 heteroatoms. The summed E-state index contributed by atoms with van der Waals surface area (Å²) < 4.78 is 0. The Morgan fingerprint density at radius 2 is 1.79 bits per heavy atom. The minimum atomic E-state index is -0.0758. The number of anilines is 1. The molecule has 0 aliphatic heterocycles. The molecule has 0 unspecified atom stereocenters. The lowest BCUT2D eigenvalue weighted by Crippen LogP contribution is -2.42. The predicted octanol–water partition coefficient (Wildman–Crippen LogP) is 6.67. The van der Waals surface area contributed by atoms with Gasteiger partial charge in [-0.3, -0.25) is 4.79 Å². The van der Waals surface area contributed by atoms with Crippen LogP contribution in [0.3, 0.4) is 0 Å². The van der Waals surface area contributed by atoms with Gasteiger partial charge in [-0.2, -0.15) is 0 Å². The maximum absolute atomic E-state index is 13.6. The van der Waals surface area contributed by atoms with Gasteiger partial charge in [0.2, 0.25) is 0 Å². The highest BCUT2D eigenvalue weighted by molar-refractivity contribution is 6.36. The molecule has 1 amide bonds. The van der Waals surface area contributed by atoms with Crippen LogP contribution in [0.1, 0.15) is 48.3 Å². The standard InChI is InChI=1S/C23H23Cl2N3O/c1-15-21(27-22(26-15)19-13-12-16(24)14-20(19)25)23(29)28(17-8-4-2-5-9-17)18-10-6-3-7-11-18/h2,4-5,8-9,12-14,18H,3,6-7,10-11H2,1H3,(H,26,27). The third-order valence-electron chi connectivity index (χ3n) is 5.47. The van der Waals surface area contributed by atoms with Gasteiger partial charge in [0.25, 0.3) is 5.91 Å². The smallest absolute Gasteiger partial charge is 0.279 e. The summed E-state index contributed by atoms with van der Waals surface area (Å²) in [5.41, 5.74) is 2.80. The Morgan fingerprint density at radius 1 is 1.07 bits per heavy atom. The summed E-state index contributed by atoms with van der Waals surface area (Å²) in [6.07, 6.45) is 5.55. The number of nitrogens with one attached hydrogen (secondary N) is 1. The van der Waals surface area contributed by atoms with E-state index in [1.54, 1.807) is 12.1 Å².